The molecule has 1 heterocycles. The van der Waals surface area contributed by atoms with Crippen molar-refractivity contribution in [1.82, 2.24) is 9.88 Å². The normalized spacial score (nSPS) is 27.2. The number of oxazole rings is 1. The number of carbonyl (C=O) groups excluding carboxylic acids is 3. The Morgan fingerprint density at radius 3 is 2.36 bits per heavy atom. The van der Waals surface area contributed by atoms with Gasteiger partial charge in [0.15, 0.2) is 17.0 Å². The van der Waals surface area contributed by atoms with Crippen LogP contribution in [0.1, 0.15) is 44.2 Å². The standard InChI is InChI=1S/C28H34N4O7/c1-27(2,3)26-30-14-10-15(31(4)5)12-8-11-9-13-19(32(6)7)21(34)18(25(29)37)24(36)28(13,38)23(35)16(11)20(33)17(12)22(14)39-26/h10-11,13,19,33,36,38H,8-9H2,1-7H3,(H2,29,37)/t11?,13?,19-,28-/m0/s1. The average molecular weight is 539 g/mol. The fraction of sp³-hybridized carbons (Fsp3) is 0.500. The van der Waals surface area contributed by atoms with Crippen LogP contribution in [0.2, 0.25) is 0 Å². The molecule has 208 valence electrons. The molecule has 0 spiro atoms. The average Bonchev–Trinajstić information content (AvgIpc) is 3.25. The highest BCUT2D eigenvalue weighted by molar-refractivity contribution is 6.24. The number of nitrogens with zero attached hydrogens (tertiary/aromatic N) is 3. The molecule has 0 aliphatic heterocycles. The Hall–Kier alpha value is -3.70. The van der Waals surface area contributed by atoms with Gasteiger partial charge in [-0.05, 0) is 44.5 Å². The van der Waals surface area contributed by atoms with Gasteiger partial charge in [0, 0.05) is 36.7 Å². The number of anilines is 1. The van der Waals surface area contributed by atoms with Crippen LogP contribution in [0.25, 0.3) is 16.9 Å². The summed E-state index contributed by atoms with van der Waals surface area (Å²) in [5.41, 5.74) is 4.10. The number of ketones is 2. The van der Waals surface area contributed by atoms with Crippen molar-refractivity contribution in [2.45, 2.75) is 50.7 Å². The maximum Gasteiger partial charge on any atom is 0.255 e. The summed E-state index contributed by atoms with van der Waals surface area (Å²) in [6, 6.07) is 0.786. The van der Waals surface area contributed by atoms with E-state index in [2.05, 4.69) is 4.98 Å². The maximum absolute atomic E-state index is 14.1. The van der Waals surface area contributed by atoms with Crippen molar-refractivity contribution in [1.29, 1.82) is 0 Å². The van der Waals surface area contributed by atoms with Gasteiger partial charge in [-0.2, -0.15) is 0 Å². The van der Waals surface area contributed by atoms with Gasteiger partial charge in [-0.25, -0.2) is 4.98 Å². The quantitative estimate of drug-likeness (QED) is 0.422. The molecule has 0 bridgehead atoms. The highest BCUT2D eigenvalue weighted by Crippen LogP contribution is 2.53. The first-order chi connectivity index (χ1) is 18.0. The fourth-order valence-corrected chi connectivity index (χ4v) is 6.40. The molecular weight excluding hydrogens is 504 g/mol. The minimum atomic E-state index is -2.62. The first-order valence-corrected chi connectivity index (χ1v) is 12.8. The van der Waals surface area contributed by atoms with E-state index >= 15 is 0 Å². The van der Waals surface area contributed by atoms with Crippen LogP contribution in [-0.2, 0) is 26.2 Å². The number of fused-ring (bicyclic) bond motifs is 5. The van der Waals surface area contributed by atoms with Gasteiger partial charge in [-0.1, -0.05) is 20.8 Å². The molecule has 1 aromatic carbocycles. The molecule has 4 atom stereocenters. The number of benzene rings is 1. The van der Waals surface area contributed by atoms with Crippen LogP contribution < -0.4 is 10.6 Å². The van der Waals surface area contributed by atoms with Crippen molar-refractivity contribution in [3.63, 3.8) is 0 Å². The second kappa shape index (κ2) is 8.40. The van der Waals surface area contributed by atoms with Gasteiger partial charge in [0.25, 0.3) is 5.91 Å². The Bertz CT molecular complexity index is 1520. The van der Waals surface area contributed by atoms with E-state index < -0.39 is 57.7 Å². The summed E-state index contributed by atoms with van der Waals surface area (Å²) in [7, 11) is 6.91. The number of Topliss-reactive ketones (excluding diaryl/α,β-unsaturated/α-hetero) is 2. The van der Waals surface area contributed by atoms with Crippen LogP contribution in [0.5, 0.6) is 0 Å². The van der Waals surface area contributed by atoms with Gasteiger partial charge in [0.1, 0.15) is 22.6 Å². The topological polar surface area (TPSA) is 170 Å². The van der Waals surface area contributed by atoms with E-state index in [-0.39, 0.29) is 17.8 Å². The lowest BCUT2D eigenvalue weighted by Gasteiger charge is -2.50. The third-order valence-corrected chi connectivity index (χ3v) is 8.20. The van der Waals surface area contributed by atoms with Crippen LogP contribution >= 0.6 is 0 Å². The highest BCUT2D eigenvalue weighted by Gasteiger charge is 2.64. The van der Waals surface area contributed by atoms with Crippen molar-refractivity contribution in [3.8, 4) is 0 Å². The molecule has 1 amide bonds. The number of primary amides is 1. The molecule has 2 unspecified atom stereocenters. The highest BCUT2D eigenvalue weighted by atomic mass is 16.4. The molecule has 3 aliphatic carbocycles. The zero-order valence-electron chi connectivity index (χ0n) is 23.1. The van der Waals surface area contributed by atoms with Gasteiger partial charge >= 0.3 is 0 Å². The van der Waals surface area contributed by atoms with Gasteiger partial charge in [-0.15, -0.1) is 0 Å². The van der Waals surface area contributed by atoms with Crippen LogP contribution in [0, 0.1) is 11.8 Å². The minimum absolute atomic E-state index is 0.0836. The number of rotatable bonds is 3. The van der Waals surface area contributed by atoms with E-state index in [9.17, 15) is 29.7 Å². The van der Waals surface area contributed by atoms with Crippen LogP contribution in [0.4, 0.5) is 5.69 Å². The number of aliphatic hydroxyl groups is 3. The molecule has 1 fully saturated rings. The summed E-state index contributed by atoms with van der Waals surface area (Å²) >= 11 is 0. The SMILES string of the molecule is CN(C)c1cc2nc(C(C)(C)C)oc2c2c1CC1CC3[C@H](N(C)C)C(=O)C(C(N)=O)=C(O)[C@@]3(O)C(=O)C1=C2O. The van der Waals surface area contributed by atoms with E-state index in [0.717, 1.165) is 11.3 Å². The van der Waals surface area contributed by atoms with Gasteiger partial charge < -0.3 is 30.4 Å². The van der Waals surface area contributed by atoms with Gasteiger partial charge in [-0.3, -0.25) is 19.3 Å². The lowest BCUT2D eigenvalue weighted by molar-refractivity contribution is -0.153. The number of hydrogen-bond donors (Lipinski definition) is 4. The van der Waals surface area contributed by atoms with Crippen molar-refractivity contribution >= 4 is 40.0 Å². The minimum Gasteiger partial charge on any atom is -0.508 e. The molecule has 39 heavy (non-hydrogen) atoms. The number of amides is 1. The molecule has 0 radical (unpaired) electrons. The van der Waals surface area contributed by atoms with E-state index in [4.69, 9.17) is 10.2 Å². The van der Waals surface area contributed by atoms with E-state index in [0.29, 0.717) is 29.0 Å². The zero-order chi connectivity index (χ0) is 28.9. The Morgan fingerprint density at radius 2 is 1.82 bits per heavy atom. The predicted molar refractivity (Wildman–Crippen MR) is 143 cm³/mol. The largest absolute Gasteiger partial charge is 0.508 e. The third-order valence-electron chi connectivity index (χ3n) is 8.20. The summed E-state index contributed by atoms with van der Waals surface area (Å²) in [5, 5.41) is 34.6. The number of hydrogen-bond acceptors (Lipinski definition) is 10. The van der Waals surface area contributed by atoms with Crippen LogP contribution in [0.3, 0.4) is 0 Å². The molecule has 11 heteroatoms. The van der Waals surface area contributed by atoms with Crippen LogP contribution in [-0.4, -0.2) is 82.5 Å². The molecule has 0 saturated heterocycles. The van der Waals surface area contributed by atoms with Crippen LogP contribution in [0.15, 0.2) is 27.4 Å². The predicted octanol–water partition coefficient (Wildman–Crippen LogP) is 1.76. The molecule has 11 nitrogen and oxygen atoms in total. The molecular formula is C28H34N4O7. The second-order valence-electron chi connectivity index (χ2n) is 12.2. The Kier molecular flexibility index (Phi) is 5.79. The molecule has 5 N–H and O–H groups in total. The Morgan fingerprint density at radius 1 is 1.18 bits per heavy atom. The number of likely N-dealkylation sites (N-methyl/N-ethyl adjacent to an activating group) is 1. The lowest BCUT2D eigenvalue weighted by Crippen LogP contribution is -2.65. The van der Waals surface area contributed by atoms with Gasteiger partial charge in [0.05, 0.1) is 11.6 Å². The number of carbonyl (C=O) groups is 3. The van der Waals surface area contributed by atoms with E-state index in [1.165, 1.54) is 4.90 Å². The van der Waals surface area contributed by atoms with E-state index in [1.807, 2.05) is 45.8 Å². The van der Waals surface area contributed by atoms with Crippen molar-refractivity contribution in [3.05, 3.63) is 40.0 Å². The summed E-state index contributed by atoms with van der Waals surface area (Å²) in [6.07, 6.45) is 0.393. The molecule has 3 aliphatic rings. The number of aliphatic hydroxyl groups excluding tert-OH is 2. The van der Waals surface area contributed by atoms with E-state index in [1.54, 1.807) is 14.1 Å². The molecule has 2 aromatic rings. The summed E-state index contributed by atoms with van der Waals surface area (Å²) in [4.78, 5) is 47.6. The van der Waals surface area contributed by atoms with Crippen molar-refractivity contribution in [2.75, 3.05) is 33.1 Å². The first kappa shape index (κ1) is 26.9. The summed E-state index contributed by atoms with van der Waals surface area (Å²) in [6.45, 7) is 5.84. The Labute approximate surface area is 225 Å². The maximum atomic E-state index is 14.1. The summed E-state index contributed by atoms with van der Waals surface area (Å²) in [5.74, 6) is -5.62. The Balaban J connectivity index is 1.80. The summed E-state index contributed by atoms with van der Waals surface area (Å²) < 4.78 is 6.15. The number of nitrogens with two attached hydrogens (primary N) is 1. The lowest BCUT2D eigenvalue weighted by atomic mass is 9.57. The third kappa shape index (κ3) is 3.56. The van der Waals surface area contributed by atoms with Crippen molar-refractivity contribution < 1.29 is 34.1 Å². The number of aromatic nitrogens is 1. The molecule has 5 rings (SSSR count). The molecule has 1 aromatic heterocycles. The molecule has 1 saturated carbocycles. The monoisotopic (exact) mass is 538 g/mol. The first-order valence-electron chi connectivity index (χ1n) is 12.8. The second-order valence-corrected chi connectivity index (χ2v) is 12.2. The fourth-order valence-electron chi connectivity index (χ4n) is 6.40. The van der Waals surface area contributed by atoms with Gasteiger partial charge in [0.2, 0.25) is 11.7 Å². The smallest absolute Gasteiger partial charge is 0.255 e. The van der Waals surface area contributed by atoms with Crippen molar-refractivity contribution in [2.24, 2.45) is 17.6 Å². The zero-order valence-corrected chi connectivity index (χ0v) is 23.1.